The van der Waals surface area contributed by atoms with Crippen molar-refractivity contribution in [3.8, 4) is 0 Å². The molecule has 0 saturated carbocycles. The Morgan fingerprint density at radius 2 is 2.00 bits per heavy atom. The van der Waals surface area contributed by atoms with E-state index in [-0.39, 0.29) is 5.97 Å². The van der Waals surface area contributed by atoms with Crippen molar-refractivity contribution < 1.29 is 14.6 Å². The monoisotopic (exact) mass is 318 g/mol. The standard InChI is InChI=1S/C20H30O3/c1-14(2)16-9-7-15(3)8-12-18(21)20(4)13-5-6-17(11-10-16)19(22)23-20/h6-7,9,14,18,21H,5,8,10-13H2,1-4H3/b15-7-,16-9+/t18-,20-/m0/s1. The van der Waals surface area contributed by atoms with E-state index in [2.05, 4.69) is 32.9 Å². The number of rotatable bonds is 1. The largest absolute Gasteiger partial charge is 0.453 e. The van der Waals surface area contributed by atoms with Crippen LogP contribution in [0, 0.1) is 5.92 Å². The first-order valence-corrected chi connectivity index (χ1v) is 8.78. The third-order valence-corrected chi connectivity index (χ3v) is 5.14. The van der Waals surface area contributed by atoms with Crippen molar-refractivity contribution in [3.63, 3.8) is 0 Å². The van der Waals surface area contributed by atoms with Gasteiger partial charge in [0.2, 0.25) is 0 Å². The number of hydrogen-bond donors (Lipinski definition) is 1. The van der Waals surface area contributed by atoms with Gasteiger partial charge in [-0.05, 0) is 58.3 Å². The quantitative estimate of drug-likeness (QED) is 0.725. The second kappa shape index (κ2) is 7.48. The average Bonchev–Trinajstić information content (AvgIpc) is 2.62. The minimum Gasteiger partial charge on any atom is -0.453 e. The summed E-state index contributed by atoms with van der Waals surface area (Å²) in [6.07, 6.45) is 10.2. The number of carbonyl (C=O) groups excluding carboxylic acids is 1. The summed E-state index contributed by atoms with van der Waals surface area (Å²) in [6.45, 7) is 8.34. The molecule has 3 nitrogen and oxygen atoms in total. The molecule has 0 aromatic carbocycles. The van der Waals surface area contributed by atoms with E-state index in [0.717, 1.165) is 24.8 Å². The molecule has 0 radical (unpaired) electrons. The molecule has 0 spiro atoms. The fourth-order valence-corrected chi connectivity index (χ4v) is 3.23. The third-order valence-electron chi connectivity index (χ3n) is 5.14. The Morgan fingerprint density at radius 1 is 1.26 bits per heavy atom. The number of ether oxygens (including phenoxy) is 1. The molecule has 0 aromatic rings. The first kappa shape index (κ1) is 18.0. The Bertz CT molecular complexity index is 539. The molecule has 2 aliphatic rings. The summed E-state index contributed by atoms with van der Waals surface area (Å²) < 4.78 is 5.72. The summed E-state index contributed by atoms with van der Waals surface area (Å²) >= 11 is 0. The van der Waals surface area contributed by atoms with Gasteiger partial charge in [-0.2, -0.15) is 0 Å². The first-order chi connectivity index (χ1) is 10.8. The smallest absolute Gasteiger partial charge is 0.334 e. The summed E-state index contributed by atoms with van der Waals surface area (Å²) in [4.78, 5) is 12.5. The fourth-order valence-electron chi connectivity index (χ4n) is 3.23. The molecule has 0 unspecified atom stereocenters. The lowest BCUT2D eigenvalue weighted by molar-refractivity contribution is -0.166. The van der Waals surface area contributed by atoms with Crippen LogP contribution in [0.2, 0.25) is 0 Å². The molecule has 2 bridgehead atoms. The zero-order valence-electron chi connectivity index (χ0n) is 14.9. The molecule has 2 heterocycles. The van der Waals surface area contributed by atoms with Crippen molar-refractivity contribution >= 4 is 5.97 Å². The Balaban J connectivity index is 2.32. The number of carbonyl (C=O) groups is 1. The first-order valence-electron chi connectivity index (χ1n) is 8.78. The Kier molecular flexibility index (Phi) is 5.85. The number of aliphatic hydroxyl groups excluding tert-OH is 1. The van der Waals surface area contributed by atoms with E-state index < -0.39 is 11.7 Å². The number of fused-ring (bicyclic) bond motifs is 3. The van der Waals surface area contributed by atoms with Crippen LogP contribution in [0.15, 0.2) is 34.9 Å². The maximum Gasteiger partial charge on any atom is 0.334 e. The fraction of sp³-hybridized carbons (Fsp3) is 0.650. The van der Waals surface area contributed by atoms with Crippen LogP contribution in [-0.2, 0) is 9.53 Å². The van der Waals surface area contributed by atoms with Crippen LogP contribution >= 0.6 is 0 Å². The summed E-state index contributed by atoms with van der Waals surface area (Å²) in [5, 5.41) is 10.6. The van der Waals surface area contributed by atoms with Crippen molar-refractivity contribution in [2.24, 2.45) is 5.92 Å². The molecule has 23 heavy (non-hydrogen) atoms. The third kappa shape index (κ3) is 4.57. The van der Waals surface area contributed by atoms with Crippen LogP contribution in [0.1, 0.15) is 66.2 Å². The van der Waals surface area contributed by atoms with E-state index in [1.807, 2.05) is 13.0 Å². The second-order valence-corrected chi connectivity index (χ2v) is 7.43. The highest BCUT2D eigenvalue weighted by atomic mass is 16.6. The molecule has 0 aliphatic carbocycles. The molecular weight excluding hydrogens is 288 g/mol. The minimum atomic E-state index is -0.780. The van der Waals surface area contributed by atoms with E-state index in [1.54, 1.807) is 0 Å². The van der Waals surface area contributed by atoms with Crippen LogP contribution in [0.5, 0.6) is 0 Å². The molecule has 128 valence electrons. The molecule has 2 aliphatic heterocycles. The van der Waals surface area contributed by atoms with Gasteiger partial charge in [0.05, 0.1) is 6.10 Å². The van der Waals surface area contributed by atoms with Crippen molar-refractivity contribution in [2.75, 3.05) is 0 Å². The van der Waals surface area contributed by atoms with Crippen molar-refractivity contribution in [2.45, 2.75) is 77.9 Å². The van der Waals surface area contributed by atoms with Gasteiger partial charge in [-0.1, -0.05) is 43.2 Å². The zero-order chi connectivity index (χ0) is 17.0. The number of hydrogen-bond acceptors (Lipinski definition) is 3. The summed E-state index contributed by atoms with van der Waals surface area (Å²) in [6, 6.07) is 0. The van der Waals surface area contributed by atoms with Gasteiger partial charge in [-0.25, -0.2) is 4.79 Å². The van der Waals surface area contributed by atoms with E-state index in [0.29, 0.717) is 25.2 Å². The lowest BCUT2D eigenvalue weighted by Gasteiger charge is -2.33. The SMILES string of the molecule is C/C1=C/C=C(/C(C)C)CCC2=CCC[C@](C)(OC2=O)[C@@H](O)CC1. The molecular formula is C20H30O3. The van der Waals surface area contributed by atoms with Gasteiger partial charge >= 0.3 is 5.97 Å². The van der Waals surface area contributed by atoms with Gasteiger partial charge in [-0.3, -0.25) is 0 Å². The van der Waals surface area contributed by atoms with E-state index in [9.17, 15) is 9.90 Å². The molecule has 2 rings (SSSR count). The van der Waals surface area contributed by atoms with Crippen LogP contribution in [-0.4, -0.2) is 22.8 Å². The topological polar surface area (TPSA) is 46.5 Å². The number of allylic oxidation sites excluding steroid dienone is 5. The maximum atomic E-state index is 12.5. The van der Waals surface area contributed by atoms with E-state index in [4.69, 9.17) is 4.74 Å². The van der Waals surface area contributed by atoms with Gasteiger partial charge in [0, 0.05) is 5.57 Å². The highest BCUT2D eigenvalue weighted by molar-refractivity contribution is 5.89. The molecule has 0 amide bonds. The van der Waals surface area contributed by atoms with Crippen molar-refractivity contribution in [3.05, 3.63) is 34.9 Å². The summed E-state index contributed by atoms with van der Waals surface area (Å²) in [5.41, 5.74) is 2.58. The average molecular weight is 318 g/mol. The lowest BCUT2D eigenvalue weighted by Crippen LogP contribution is -2.43. The predicted octanol–water partition coefficient (Wildman–Crippen LogP) is 4.47. The molecule has 0 fully saturated rings. The van der Waals surface area contributed by atoms with E-state index in [1.165, 1.54) is 11.1 Å². The van der Waals surface area contributed by atoms with Gasteiger partial charge < -0.3 is 9.84 Å². The summed E-state index contributed by atoms with van der Waals surface area (Å²) in [7, 11) is 0. The second-order valence-electron chi connectivity index (χ2n) is 7.43. The van der Waals surface area contributed by atoms with Crippen molar-refractivity contribution in [1.29, 1.82) is 0 Å². The van der Waals surface area contributed by atoms with E-state index >= 15 is 0 Å². The van der Waals surface area contributed by atoms with Crippen LogP contribution in [0.4, 0.5) is 0 Å². The Hall–Kier alpha value is -1.35. The summed E-state index contributed by atoms with van der Waals surface area (Å²) in [5.74, 6) is 0.207. The molecule has 0 aromatic heterocycles. The minimum absolute atomic E-state index is 0.254. The van der Waals surface area contributed by atoms with Gasteiger partial charge in [0.15, 0.2) is 0 Å². The lowest BCUT2D eigenvalue weighted by atomic mass is 9.89. The normalized spacial score (nSPS) is 34.8. The molecule has 0 saturated heterocycles. The highest BCUT2D eigenvalue weighted by Crippen LogP contribution is 2.32. The van der Waals surface area contributed by atoms with Crippen LogP contribution < -0.4 is 0 Å². The molecule has 3 heteroatoms. The molecule has 2 atom stereocenters. The maximum absolute atomic E-state index is 12.5. The molecule has 1 N–H and O–H groups in total. The van der Waals surface area contributed by atoms with Crippen molar-refractivity contribution in [1.82, 2.24) is 0 Å². The Labute approximate surface area is 140 Å². The number of esters is 1. The van der Waals surface area contributed by atoms with Crippen LogP contribution in [0.3, 0.4) is 0 Å². The zero-order valence-corrected chi connectivity index (χ0v) is 14.9. The Morgan fingerprint density at radius 3 is 2.70 bits per heavy atom. The van der Waals surface area contributed by atoms with Gasteiger partial charge in [0.1, 0.15) is 5.60 Å². The van der Waals surface area contributed by atoms with Gasteiger partial charge in [0.25, 0.3) is 0 Å². The van der Waals surface area contributed by atoms with Crippen LogP contribution in [0.25, 0.3) is 0 Å². The predicted molar refractivity (Wildman–Crippen MR) is 93.0 cm³/mol. The number of aliphatic hydroxyl groups is 1. The van der Waals surface area contributed by atoms with Gasteiger partial charge in [-0.15, -0.1) is 0 Å². The highest BCUT2D eigenvalue weighted by Gasteiger charge is 2.38.